The molecule has 2 unspecified atom stereocenters. The Morgan fingerprint density at radius 3 is 2.71 bits per heavy atom. The summed E-state index contributed by atoms with van der Waals surface area (Å²) in [7, 11) is 0. The molecule has 4 heteroatoms. The van der Waals surface area contributed by atoms with Crippen LogP contribution in [0.2, 0.25) is 0 Å². The van der Waals surface area contributed by atoms with Crippen LogP contribution in [-0.4, -0.2) is 48.3 Å². The van der Waals surface area contributed by atoms with Crippen molar-refractivity contribution in [2.75, 3.05) is 26.3 Å². The molecule has 0 spiro atoms. The summed E-state index contributed by atoms with van der Waals surface area (Å²) >= 11 is 0. The molecule has 0 aromatic heterocycles. The Balaban J connectivity index is 2.61. The van der Waals surface area contributed by atoms with Gasteiger partial charge in [0.25, 0.3) is 0 Å². The highest BCUT2D eigenvalue weighted by molar-refractivity contribution is 5.71. The molecule has 0 saturated carbocycles. The fourth-order valence-electron chi connectivity index (χ4n) is 2.20. The maximum Gasteiger partial charge on any atom is 0.310 e. The van der Waals surface area contributed by atoms with E-state index in [4.69, 9.17) is 9.84 Å². The molecule has 1 N–H and O–H groups in total. The Kier molecular flexibility index (Phi) is 5.65. The summed E-state index contributed by atoms with van der Waals surface area (Å²) in [6, 6.07) is 0.0202. The molecule has 17 heavy (non-hydrogen) atoms. The minimum Gasteiger partial charge on any atom is -0.481 e. The molecule has 1 aliphatic rings. The zero-order valence-electron chi connectivity index (χ0n) is 10.8. The van der Waals surface area contributed by atoms with Crippen LogP contribution in [0.1, 0.15) is 26.7 Å². The van der Waals surface area contributed by atoms with E-state index in [-0.39, 0.29) is 12.0 Å². The number of carbonyl (C=O) groups is 1. The molecule has 1 fully saturated rings. The second-order valence-corrected chi connectivity index (χ2v) is 4.79. The lowest BCUT2D eigenvalue weighted by molar-refractivity contribution is -0.143. The predicted molar refractivity (Wildman–Crippen MR) is 67.0 cm³/mol. The number of carboxylic acids is 1. The third-order valence-electron chi connectivity index (χ3n) is 3.17. The van der Waals surface area contributed by atoms with Crippen LogP contribution < -0.4 is 0 Å². The largest absolute Gasteiger partial charge is 0.481 e. The molecule has 0 aromatic rings. The van der Waals surface area contributed by atoms with Gasteiger partial charge in [-0.2, -0.15) is 0 Å². The predicted octanol–water partition coefficient (Wildman–Crippen LogP) is 1.76. The maximum absolute atomic E-state index is 11.1. The first kappa shape index (κ1) is 14.2. The highest BCUT2D eigenvalue weighted by atomic mass is 16.5. The summed E-state index contributed by atoms with van der Waals surface area (Å²) in [6.07, 6.45) is 1.95. The molecule has 1 saturated heterocycles. The molecule has 0 amide bonds. The van der Waals surface area contributed by atoms with E-state index < -0.39 is 5.97 Å². The molecule has 1 aliphatic heterocycles. The van der Waals surface area contributed by atoms with Crippen LogP contribution in [0.15, 0.2) is 12.2 Å². The summed E-state index contributed by atoms with van der Waals surface area (Å²) in [5.41, 5.74) is 1.14. The second-order valence-electron chi connectivity index (χ2n) is 4.79. The van der Waals surface area contributed by atoms with E-state index in [0.29, 0.717) is 13.2 Å². The first-order valence-corrected chi connectivity index (χ1v) is 6.25. The standard InChI is InChI=1S/C13H23NO3/c1-4-6-14(7-5-10(2)3)12-9-17-8-11(12)13(15)16/h11-12H,2,4-9H2,1,3H3,(H,15,16). The number of aliphatic carboxylic acids is 1. The quantitative estimate of drug-likeness (QED) is 0.690. The smallest absolute Gasteiger partial charge is 0.310 e. The van der Waals surface area contributed by atoms with Gasteiger partial charge in [0, 0.05) is 12.6 Å². The van der Waals surface area contributed by atoms with Crippen molar-refractivity contribution in [3.05, 3.63) is 12.2 Å². The molecule has 0 bridgehead atoms. The average Bonchev–Trinajstić information content (AvgIpc) is 2.72. The van der Waals surface area contributed by atoms with Gasteiger partial charge in [0.1, 0.15) is 0 Å². The third-order valence-corrected chi connectivity index (χ3v) is 3.17. The van der Waals surface area contributed by atoms with Crippen molar-refractivity contribution in [3.63, 3.8) is 0 Å². The van der Waals surface area contributed by atoms with Crippen LogP contribution in [0.3, 0.4) is 0 Å². The molecular weight excluding hydrogens is 218 g/mol. The van der Waals surface area contributed by atoms with Crippen molar-refractivity contribution in [3.8, 4) is 0 Å². The van der Waals surface area contributed by atoms with Crippen molar-refractivity contribution in [1.82, 2.24) is 4.90 Å². The monoisotopic (exact) mass is 241 g/mol. The Morgan fingerprint density at radius 1 is 1.47 bits per heavy atom. The normalized spacial score (nSPS) is 24.2. The van der Waals surface area contributed by atoms with E-state index >= 15 is 0 Å². The lowest BCUT2D eigenvalue weighted by atomic mass is 10.0. The van der Waals surface area contributed by atoms with Gasteiger partial charge in [-0.15, -0.1) is 6.58 Å². The molecule has 4 nitrogen and oxygen atoms in total. The minimum atomic E-state index is -0.746. The highest BCUT2D eigenvalue weighted by Crippen LogP contribution is 2.21. The van der Waals surface area contributed by atoms with Crippen molar-refractivity contribution in [1.29, 1.82) is 0 Å². The fraction of sp³-hybridized carbons (Fsp3) is 0.769. The van der Waals surface area contributed by atoms with Crippen molar-refractivity contribution >= 4 is 5.97 Å². The Bertz CT molecular complexity index is 278. The van der Waals surface area contributed by atoms with Crippen molar-refractivity contribution < 1.29 is 14.6 Å². The fourth-order valence-corrected chi connectivity index (χ4v) is 2.20. The van der Waals surface area contributed by atoms with Gasteiger partial charge in [-0.1, -0.05) is 12.5 Å². The molecule has 1 heterocycles. The van der Waals surface area contributed by atoms with Gasteiger partial charge in [0.05, 0.1) is 19.1 Å². The van der Waals surface area contributed by atoms with E-state index in [1.54, 1.807) is 0 Å². The number of hydrogen-bond donors (Lipinski definition) is 1. The topological polar surface area (TPSA) is 49.8 Å². The minimum absolute atomic E-state index is 0.0202. The zero-order chi connectivity index (χ0) is 12.8. The van der Waals surface area contributed by atoms with Gasteiger partial charge in [-0.05, 0) is 26.3 Å². The highest BCUT2D eigenvalue weighted by Gasteiger charge is 2.37. The van der Waals surface area contributed by atoms with Crippen LogP contribution in [0.25, 0.3) is 0 Å². The first-order valence-electron chi connectivity index (χ1n) is 6.25. The van der Waals surface area contributed by atoms with Gasteiger partial charge in [-0.25, -0.2) is 0 Å². The summed E-state index contributed by atoms with van der Waals surface area (Å²) < 4.78 is 5.32. The lowest BCUT2D eigenvalue weighted by Crippen LogP contribution is -2.44. The molecular formula is C13H23NO3. The zero-order valence-corrected chi connectivity index (χ0v) is 10.8. The molecule has 0 aliphatic carbocycles. The first-order chi connectivity index (χ1) is 8.06. The van der Waals surface area contributed by atoms with Crippen LogP contribution in [-0.2, 0) is 9.53 Å². The number of ether oxygens (including phenoxy) is 1. The van der Waals surface area contributed by atoms with E-state index in [2.05, 4.69) is 18.4 Å². The number of nitrogens with zero attached hydrogens (tertiary/aromatic N) is 1. The van der Waals surface area contributed by atoms with Crippen molar-refractivity contribution in [2.45, 2.75) is 32.7 Å². The van der Waals surface area contributed by atoms with E-state index in [0.717, 1.165) is 31.5 Å². The maximum atomic E-state index is 11.1. The summed E-state index contributed by atoms with van der Waals surface area (Å²) in [5, 5.41) is 9.15. The Hall–Kier alpha value is -0.870. The SMILES string of the molecule is C=C(C)CCN(CCC)C1COCC1C(=O)O. The average molecular weight is 241 g/mol. The van der Waals surface area contributed by atoms with Crippen LogP contribution in [0, 0.1) is 5.92 Å². The van der Waals surface area contributed by atoms with Gasteiger partial charge >= 0.3 is 5.97 Å². The van der Waals surface area contributed by atoms with Crippen LogP contribution in [0.5, 0.6) is 0 Å². The van der Waals surface area contributed by atoms with Gasteiger partial charge < -0.3 is 9.84 Å². The number of carboxylic acid groups (broad SMARTS) is 1. The summed E-state index contributed by atoms with van der Waals surface area (Å²) in [4.78, 5) is 13.4. The van der Waals surface area contributed by atoms with Gasteiger partial charge in [0.2, 0.25) is 0 Å². The molecule has 1 rings (SSSR count). The number of hydrogen-bond acceptors (Lipinski definition) is 3. The third kappa shape index (κ3) is 4.13. The number of rotatable bonds is 7. The van der Waals surface area contributed by atoms with Crippen LogP contribution >= 0.6 is 0 Å². The summed E-state index contributed by atoms with van der Waals surface area (Å²) in [5.74, 6) is -1.13. The van der Waals surface area contributed by atoms with Gasteiger partial charge in [0.15, 0.2) is 0 Å². The Labute approximate surface area is 103 Å². The lowest BCUT2D eigenvalue weighted by Gasteiger charge is -2.30. The second kappa shape index (κ2) is 6.77. The van der Waals surface area contributed by atoms with Crippen molar-refractivity contribution in [2.24, 2.45) is 5.92 Å². The van der Waals surface area contributed by atoms with E-state index in [1.807, 2.05) is 6.92 Å². The summed E-state index contributed by atoms with van der Waals surface area (Å²) in [6.45, 7) is 10.7. The molecule has 0 aromatic carbocycles. The van der Waals surface area contributed by atoms with E-state index in [9.17, 15) is 4.79 Å². The molecule has 0 radical (unpaired) electrons. The van der Waals surface area contributed by atoms with Crippen LogP contribution in [0.4, 0.5) is 0 Å². The van der Waals surface area contributed by atoms with E-state index in [1.165, 1.54) is 0 Å². The molecule has 2 atom stereocenters. The van der Waals surface area contributed by atoms with Gasteiger partial charge in [-0.3, -0.25) is 9.69 Å². The molecule has 98 valence electrons. The Morgan fingerprint density at radius 2 is 2.18 bits per heavy atom.